The Morgan fingerprint density at radius 3 is 2.56 bits per heavy atom. The number of amides is 1. The summed E-state index contributed by atoms with van der Waals surface area (Å²) in [5.74, 6) is -0.996. The molecular formula is C23H26N4O6S. The van der Waals surface area contributed by atoms with E-state index in [0.29, 0.717) is 17.8 Å². The summed E-state index contributed by atoms with van der Waals surface area (Å²) < 4.78 is 30.9. The van der Waals surface area contributed by atoms with Crippen LogP contribution in [0.1, 0.15) is 23.6 Å². The Morgan fingerprint density at radius 2 is 1.88 bits per heavy atom. The predicted molar refractivity (Wildman–Crippen MR) is 126 cm³/mol. The molecule has 34 heavy (non-hydrogen) atoms. The van der Waals surface area contributed by atoms with Crippen LogP contribution in [0.15, 0.2) is 40.4 Å². The maximum absolute atomic E-state index is 12.7. The van der Waals surface area contributed by atoms with Crippen molar-refractivity contribution in [2.75, 3.05) is 39.2 Å². The van der Waals surface area contributed by atoms with Gasteiger partial charge in [0.2, 0.25) is 16.6 Å². The maximum atomic E-state index is 12.7. The molecule has 0 radical (unpaired) electrons. The van der Waals surface area contributed by atoms with E-state index in [2.05, 4.69) is 15.8 Å². The Bertz CT molecular complexity index is 1270. The molecule has 2 N–H and O–H groups in total. The molecule has 2 aliphatic rings. The number of nitrogens with one attached hydrogen (secondary N) is 2. The third kappa shape index (κ3) is 4.41. The summed E-state index contributed by atoms with van der Waals surface area (Å²) >= 11 is 0. The number of oxime groups is 1. The van der Waals surface area contributed by atoms with Crippen molar-refractivity contribution in [1.29, 1.82) is 0 Å². The highest BCUT2D eigenvalue weighted by atomic mass is 32.2. The Hall–Kier alpha value is -3.28. The van der Waals surface area contributed by atoms with Crippen molar-refractivity contribution in [3.8, 4) is 11.1 Å². The van der Waals surface area contributed by atoms with E-state index in [1.165, 1.54) is 18.4 Å². The van der Waals surface area contributed by atoms with E-state index in [1.807, 2.05) is 6.07 Å². The van der Waals surface area contributed by atoms with Crippen LogP contribution in [0.5, 0.6) is 0 Å². The second kappa shape index (κ2) is 9.53. The van der Waals surface area contributed by atoms with Gasteiger partial charge in [-0.3, -0.25) is 4.79 Å². The van der Waals surface area contributed by atoms with E-state index in [0.717, 1.165) is 35.2 Å². The van der Waals surface area contributed by atoms with E-state index in [-0.39, 0.29) is 17.2 Å². The first-order valence-electron chi connectivity index (χ1n) is 10.8. The Balaban J connectivity index is 1.75. The number of sulfonamides is 1. The predicted octanol–water partition coefficient (Wildman–Crippen LogP) is 1.49. The molecule has 2 heterocycles. The van der Waals surface area contributed by atoms with Gasteiger partial charge < -0.3 is 20.2 Å². The standard InChI is InChI=1S/C23H26N4O6S/c1-4-32-20(28)13-33-26-22-18-11-17(14-5-7-15(8-6-14)34(30,31)27(2)3)16-9-10-24-12-19(16)21(18)25-23(22)29/h5-8,11,24H,4,9-10,12-13H2,1-3H3,(H,25,26,29). The molecule has 10 nitrogen and oxygen atoms in total. The average molecular weight is 487 g/mol. The van der Waals surface area contributed by atoms with Crippen LogP contribution < -0.4 is 10.6 Å². The van der Waals surface area contributed by atoms with Crippen molar-refractivity contribution in [3.05, 3.63) is 47.0 Å². The minimum Gasteiger partial charge on any atom is -0.463 e. The normalized spacial score (nSPS) is 16.2. The van der Waals surface area contributed by atoms with Crippen LogP contribution in [0.25, 0.3) is 11.1 Å². The zero-order chi connectivity index (χ0) is 24.5. The Morgan fingerprint density at radius 1 is 1.15 bits per heavy atom. The van der Waals surface area contributed by atoms with Crippen LogP contribution in [-0.4, -0.2) is 64.2 Å². The summed E-state index contributed by atoms with van der Waals surface area (Å²) in [6, 6.07) is 8.54. The van der Waals surface area contributed by atoms with E-state index in [4.69, 9.17) is 9.57 Å². The van der Waals surface area contributed by atoms with E-state index in [1.54, 1.807) is 31.2 Å². The average Bonchev–Trinajstić information content (AvgIpc) is 3.14. The van der Waals surface area contributed by atoms with Gasteiger partial charge >= 0.3 is 5.97 Å². The summed E-state index contributed by atoms with van der Waals surface area (Å²) in [6.45, 7) is 2.85. The number of anilines is 1. The van der Waals surface area contributed by atoms with Crippen LogP contribution in [0.4, 0.5) is 5.69 Å². The lowest BCUT2D eigenvalue weighted by atomic mass is 9.87. The Labute approximate surface area is 198 Å². The van der Waals surface area contributed by atoms with Crippen molar-refractivity contribution in [2.45, 2.75) is 24.8 Å². The summed E-state index contributed by atoms with van der Waals surface area (Å²) in [5, 5.41) is 10.1. The number of hydrogen-bond donors (Lipinski definition) is 2. The lowest BCUT2D eigenvalue weighted by molar-refractivity contribution is -0.148. The molecule has 0 bridgehead atoms. The fraction of sp³-hybridized carbons (Fsp3) is 0.348. The summed E-state index contributed by atoms with van der Waals surface area (Å²) in [5.41, 5.74) is 5.05. The number of rotatable bonds is 7. The van der Waals surface area contributed by atoms with Gasteiger partial charge in [0.25, 0.3) is 5.91 Å². The van der Waals surface area contributed by atoms with E-state index in [9.17, 15) is 18.0 Å². The third-order valence-corrected chi connectivity index (χ3v) is 7.53. The molecule has 2 aromatic carbocycles. The van der Waals surface area contributed by atoms with E-state index >= 15 is 0 Å². The highest BCUT2D eigenvalue weighted by Gasteiger charge is 2.33. The number of fused-ring (bicyclic) bond motifs is 3. The minimum absolute atomic E-state index is 0.0701. The zero-order valence-electron chi connectivity index (χ0n) is 19.2. The zero-order valence-corrected chi connectivity index (χ0v) is 20.0. The van der Waals surface area contributed by atoms with Gasteiger partial charge in [0.15, 0.2) is 5.71 Å². The maximum Gasteiger partial charge on any atom is 0.347 e. The van der Waals surface area contributed by atoms with Gasteiger partial charge in [0.05, 0.1) is 17.2 Å². The third-order valence-electron chi connectivity index (χ3n) is 5.70. The molecule has 2 aromatic rings. The lowest BCUT2D eigenvalue weighted by Crippen LogP contribution is -2.25. The van der Waals surface area contributed by atoms with Crippen molar-refractivity contribution in [3.63, 3.8) is 0 Å². The minimum atomic E-state index is -3.55. The first kappa shape index (κ1) is 23.9. The molecule has 0 unspecified atom stereocenters. The van der Waals surface area contributed by atoms with Gasteiger partial charge in [-0.25, -0.2) is 17.5 Å². The molecular weight excluding hydrogens is 460 g/mol. The van der Waals surface area contributed by atoms with Crippen molar-refractivity contribution < 1.29 is 27.6 Å². The van der Waals surface area contributed by atoms with Gasteiger partial charge in [0, 0.05) is 26.2 Å². The Kier molecular flexibility index (Phi) is 6.69. The molecule has 0 fully saturated rings. The van der Waals surface area contributed by atoms with Crippen LogP contribution >= 0.6 is 0 Å². The van der Waals surface area contributed by atoms with Crippen molar-refractivity contribution in [2.24, 2.45) is 5.16 Å². The molecule has 4 rings (SSSR count). The van der Waals surface area contributed by atoms with Crippen molar-refractivity contribution in [1.82, 2.24) is 9.62 Å². The molecule has 0 saturated heterocycles. The molecule has 0 atom stereocenters. The van der Waals surface area contributed by atoms with Gasteiger partial charge in [-0.2, -0.15) is 0 Å². The van der Waals surface area contributed by atoms with Gasteiger partial charge in [0.1, 0.15) is 0 Å². The van der Waals surface area contributed by atoms with Crippen LogP contribution in [-0.2, 0) is 42.2 Å². The largest absolute Gasteiger partial charge is 0.463 e. The SMILES string of the molecule is CCOC(=O)CO/N=C1\C(=O)Nc2c1cc(-c1ccc(S(=O)(=O)N(C)C)cc1)c1c2CNCC1. The first-order chi connectivity index (χ1) is 16.2. The summed E-state index contributed by atoms with van der Waals surface area (Å²) in [4.78, 5) is 29.5. The van der Waals surface area contributed by atoms with Crippen LogP contribution in [0.3, 0.4) is 0 Å². The number of hydrogen-bond acceptors (Lipinski definition) is 8. The highest BCUT2D eigenvalue weighted by molar-refractivity contribution is 7.89. The second-order valence-electron chi connectivity index (χ2n) is 8.01. The topological polar surface area (TPSA) is 126 Å². The summed E-state index contributed by atoms with van der Waals surface area (Å²) in [6.07, 6.45) is 0.747. The summed E-state index contributed by atoms with van der Waals surface area (Å²) in [7, 11) is -0.569. The van der Waals surface area contributed by atoms with Crippen LogP contribution in [0, 0.1) is 0 Å². The quantitative estimate of drug-likeness (QED) is 0.448. The van der Waals surface area contributed by atoms with Crippen LogP contribution in [0.2, 0.25) is 0 Å². The second-order valence-corrected chi connectivity index (χ2v) is 10.2. The smallest absolute Gasteiger partial charge is 0.347 e. The number of carbonyl (C=O) groups is 2. The number of benzene rings is 2. The molecule has 0 aliphatic carbocycles. The first-order valence-corrected chi connectivity index (χ1v) is 12.3. The van der Waals surface area contributed by atoms with E-state index < -0.39 is 28.5 Å². The number of carbonyl (C=O) groups excluding carboxylic acids is 2. The van der Waals surface area contributed by atoms with Gasteiger partial charge in [-0.15, -0.1) is 0 Å². The monoisotopic (exact) mass is 486 g/mol. The fourth-order valence-corrected chi connectivity index (χ4v) is 4.93. The van der Waals surface area contributed by atoms with Gasteiger partial charge in [-0.1, -0.05) is 17.3 Å². The number of esters is 1. The highest BCUT2D eigenvalue weighted by Crippen LogP contribution is 2.39. The fourth-order valence-electron chi connectivity index (χ4n) is 4.03. The molecule has 0 saturated carbocycles. The number of ether oxygens (including phenoxy) is 1. The lowest BCUT2D eigenvalue weighted by Gasteiger charge is -2.23. The molecule has 0 aromatic heterocycles. The molecule has 1 amide bonds. The molecule has 11 heteroatoms. The molecule has 0 spiro atoms. The van der Waals surface area contributed by atoms with Crippen molar-refractivity contribution >= 4 is 33.3 Å². The molecule has 2 aliphatic heterocycles. The van der Waals surface area contributed by atoms with Gasteiger partial charge in [-0.05, 0) is 60.3 Å². The number of nitrogens with zero attached hydrogens (tertiary/aromatic N) is 2. The molecule has 180 valence electrons.